The van der Waals surface area contributed by atoms with Gasteiger partial charge in [0.2, 0.25) is 11.0 Å². The maximum absolute atomic E-state index is 11.0. The number of nitrogens with one attached hydrogen (secondary N) is 1. The van der Waals surface area contributed by atoms with Gasteiger partial charge in [-0.2, -0.15) is 0 Å². The van der Waals surface area contributed by atoms with Crippen LogP contribution < -0.4 is 5.32 Å². The smallest absolute Gasteiger partial charge is 0.348 e. The fraction of sp³-hybridized carbons (Fsp3) is 0.636. The number of aliphatic hydroxyl groups excluding tert-OH is 1. The number of nitro groups is 1. The molecule has 19 heavy (non-hydrogen) atoms. The Morgan fingerprint density at radius 3 is 2.53 bits per heavy atom. The maximum atomic E-state index is 11.0. The predicted molar refractivity (Wildman–Crippen MR) is 72.6 cm³/mol. The number of aromatic nitrogens is 2. The molecule has 0 saturated carbocycles. The van der Waals surface area contributed by atoms with E-state index in [1.807, 2.05) is 20.8 Å². The van der Waals surface area contributed by atoms with Crippen molar-refractivity contribution in [2.75, 3.05) is 11.9 Å². The second-order valence-corrected chi connectivity index (χ2v) is 4.77. The molecule has 1 rings (SSSR count). The summed E-state index contributed by atoms with van der Waals surface area (Å²) in [5.74, 6) is 0.466. The first-order valence-electron chi connectivity index (χ1n) is 5.99. The minimum atomic E-state index is -0.626. The molecular formula is C11H17ClN4O3. The molecule has 1 aromatic rings. The van der Waals surface area contributed by atoms with Crippen molar-refractivity contribution in [2.45, 2.75) is 39.2 Å². The third-order valence-corrected chi connectivity index (χ3v) is 2.88. The summed E-state index contributed by atoms with van der Waals surface area (Å²) in [5, 5.41) is 22.8. The zero-order valence-electron chi connectivity index (χ0n) is 11.1. The average molecular weight is 289 g/mol. The molecule has 106 valence electrons. The van der Waals surface area contributed by atoms with Gasteiger partial charge in [0.1, 0.15) is 5.82 Å². The number of hydrogen-bond acceptors (Lipinski definition) is 6. The number of nitrogens with zero attached hydrogens (tertiary/aromatic N) is 3. The lowest BCUT2D eigenvalue weighted by molar-refractivity contribution is -0.384. The fourth-order valence-corrected chi connectivity index (χ4v) is 1.68. The molecule has 8 heteroatoms. The molecule has 0 aliphatic carbocycles. The van der Waals surface area contributed by atoms with E-state index in [-0.39, 0.29) is 35.2 Å². The highest BCUT2D eigenvalue weighted by atomic mass is 35.5. The number of anilines is 1. The molecule has 0 amide bonds. The number of hydrogen-bond donors (Lipinski definition) is 2. The van der Waals surface area contributed by atoms with Gasteiger partial charge < -0.3 is 10.4 Å². The molecule has 0 saturated heterocycles. The summed E-state index contributed by atoms with van der Waals surface area (Å²) >= 11 is 5.85. The van der Waals surface area contributed by atoms with Crippen molar-refractivity contribution in [3.63, 3.8) is 0 Å². The van der Waals surface area contributed by atoms with Crippen LogP contribution in [0.5, 0.6) is 0 Å². The molecule has 7 nitrogen and oxygen atoms in total. The minimum Gasteiger partial charge on any atom is -0.394 e. The molecule has 0 aromatic carbocycles. The van der Waals surface area contributed by atoms with Gasteiger partial charge in [-0.25, -0.2) is 9.97 Å². The average Bonchev–Trinajstić information content (AvgIpc) is 2.34. The first kappa shape index (κ1) is 15.6. The number of aliphatic hydroxyl groups is 1. The Bertz CT molecular complexity index is 463. The summed E-state index contributed by atoms with van der Waals surface area (Å²) in [4.78, 5) is 18.4. The Balaban J connectivity index is 3.27. The second-order valence-electron chi connectivity index (χ2n) is 4.41. The molecule has 0 aliphatic heterocycles. The van der Waals surface area contributed by atoms with Crippen LogP contribution in [0.4, 0.5) is 11.5 Å². The van der Waals surface area contributed by atoms with Crippen LogP contribution in [0.2, 0.25) is 5.15 Å². The van der Waals surface area contributed by atoms with Crippen molar-refractivity contribution in [2.24, 2.45) is 0 Å². The highest BCUT2D eigenvalue weighted by molar-refractivity contribution is 6.31. The molecule has 0 spiro atoms. The summed E-state index contributed by atoms with van der Waals surface area (Å²) in [5.41, 5.74) is -0.363. The Labute approximate surface area is 116 Å². The van der Waals surface area contributed by atoms with E-state index in [4.69, 9.17) is 16.7 Å². The molecule has 0 radical (unpaired) electrons. The summed E-state index contributed by atoms with van der Waals surface area (Å²) in [6.07, 6.45) is 0.603. The van der Waals surface area contributed by atoms with Gasteiger partial charge in [-0.3, -0.25) is 10.1 Å². The molecule has 1 heterocycles. The Hall–Kier alpha value is -1.47. The van der Waals surface area contributed by atoms with Crippen molar-refractivity contribution < 1.29 is 10.0 Å². The lowest BCUT2D eigenvalue weighted by Gasteiger charge is -2.16. The van der Waals surface area contributed by atoms with Crippen LogP contribution in [-0.2, 0) is 0 Å². The largest absolute Gasteiger partial charge is 0.394 e. The van der Waals surface area contributed by atoms with Crippen molar-refractivity contribution >= 4 is 23.1 Å². The van der Waals surface area contributed by atoms with E-state index in [2.05, 4.69) is 15.3 Å². The molecule has 0 bridgehead atoms. The van der Waals surface area contributed by atoms with Crippen LogP contribution in [0.25, 0.3) is 0 Å². The van der Waals surface area contributed by atoms with E-state index in [0.717, 1.165) is 0 Å². The van der Waals surface area contributed by atoms with Crippen molar-refractivity contribution in [1.29, 1.82) is 0 Å². The SMILES string of the molecule is CCC(CO)Nc1nc(C(C)C)nc(Cl)c1[N+](=O)[O-]. The van der Waals surface area contributed by atoms with Crippen LogP contribution in [0.3, 0.4) is 0 Å². The Morgan fingerprint density at radius 1 is 1.47 bits per heavy atom. The van der Waals surface area contributed by atoms with E-state index in [0.29, 0.717) is 12.2 Å². The number of rotatable bonds is 6. The van der Waals surface area contributed by atoms with Gasteiger partial charge in [-0.05, 0) is 6.42 Å². The van der Waals surface area contributed by atoms with Crippen molar-refractivity contribution in [3.8, 4) is 0 Å². The minimum absolute atomic E-state index is 0.00643. The van der Waals surface area contributed by atoms with Crippen molar-refractivity contribution in [3.05, 3.63) is 21.1 Å². The monoisotopic (exact) mass is 288 g/mol. The summed E-state index contributed by atoms with van der Waals surface area (Å²) in [7, 11) is 0. The Kier molecular flexibility index (Phi) is 5.44. The zero-order valence-corrected chi connectivity index (χ0v) is 11.8. The van der Waals surface area contributed by atoms with Gasteiger partial charge >= 0.3 is 5.69 Å². The number of halogens is 1. The van der Waals surface area contributed by atoms with Crippen LogP contribution in [0.1, 0.15) is 38.9 Å². The van der Waals surface area contributed by atoms with Gasteiger partial charge in [0, 0.05) is 5.92 Å². The highest BCUT2D eigenvalue weighted by Gasteiger charge is 2.25. The van der Waals surface area contributed by atoms with Crippen molar-refractivity contribution in [1.82, 2.24) is 9.97 Å². The molecule has 0 fully saturated rings. The van der Waals surface area contributed by atoms with Gasteiger partial charge in [0.15, 0.2) is 0 Å². The van der Waals surface area contributed by atoms with Gasteiger partial charge in [0.25, 0.3) is 0 Å². The summed E-state index contributed by atoms with van der Waals surface area (Å²) in [6.45, 7) is 5.44. The standard InChI is InChI=1S/C11H17ClN4O3/c1-4-7(5-17)13-11-8(16(18)19)9(12)14-10(15-11)6(2)3/h6-7,17H,4-5H2,1-3H3,(H,13,14,15). The molecule has 1 aromatic heterocycles. The van der Waals surface area contributed by atoms with Crippen LogP contribution in [0.15, 0.2) is 0 Å². The molecule has 2 N–H and O–H groups in total. The zero-order chi connectivity index (χ0) is 14.6. The first-order chi connectivity index (χ1) is 8.90. The van der Waals surface area contributed by atoms with Gasteiger partial charge in [-0.15, -0.1) is 0 Å². The lowest BCUT2D eigenvalue weighted by atomic mass is 10.2. The fourth-order valence-electron chi connectivity index (χ4n) is 1.43. The Morgan fingerprint density at radius 2 is 2.11 bits per heavy atom. The van der Waals surface area contributed by atoms with Gasteiger partial charge in [-0.1, -0.05) is 32.4 Å². The van der Waals surface area contributed by atoms with Crippen LogP contribution >= 0.6 is 11.6 Å². The third kappa shape index (κ3) is 3.74. The van der Waals surface area contributed by atoms with E-state index in [1.165, 1.54) is 0 Å². The normalized spacial score (nSPS) is 12.5. The summed E-state index contributed by atoms with van der Waals surface area (Å²) in [6, 6.07) is -0.315. The third-order valence-electron chi connectivity index (χ3n) is 2.61. The molecule has 0 aliphatic rings. The maximum Gasteiger partial charge on any atom is 0.348 e. The quantitative estimate of drug-likeness (QED) is 0.473. The summed E-state index contributed by atoms with van der Waals surface area (Å²) < 4.78 is 0. The molecular weight excluding hydrogens is 272 g/mol. The first-order valence-corrected chi connectivity index (χ1v) is 6.37. The molecule has 1 unspecified atom stereocenters. The van der Waals surface area contributed by atoms with E-state index >= 15 is 0 Å². The van der Waals surface area contributed by atoms with E-state index < -0.39 is 4.92 Å². The molecule has 1 atom stereocenters. The highest BCUT2D eigenvalue weighted by Crippen LogP contribution is 2.31. The van der Waals surface area contributed by atoms with E-state index in [1.54, 1.807) is 0 Å². The predicted octanol–water partition coefficient (Wildman–Crippen LogP) is 2.34. The lowest BCUT2D eigenvalue weighted by Crippen LogP contribution is -2.24. The van der Waals surface area contributed by atoms with E-state index in [9.17, 15) is 10.1 Å². The van der Waals surface area contributed by atoms with Crippen LogP contribution in [-0.4, -0.2) is 32.6 Å². The van der Waals surface area contributed by atoms with Gasteiger partial charge in [0.05, 0.1) is 17.6 Å². The second kappa shape index (κ2) is 6.63. The van der Waals surface area contributed by atoms with Crippen LogP contribution in [0, 0.1) is 10.1 Å². The topological polar surface area (TPSA) is 101 Å².